The second-order valence-corrected chi connectivity index (χ2v) is 8.86. The summed E-state index contributed by atoms with van der Waals surface area (Å²) in [6.07, 6.45) is 1.45. The van der Waals surface area contributed by atoms with Gasteiger partial charge in [-0.3, -0.25) is 14.4 Å². The summed E-state index contributed by atoms with van der Waals surface area (Å²) in [5, 5.41) is 3.03. The standard InChI is InChI=1S/C27H34N2O4/c1-4-33-27(32)22-16-11-17-29(18-22)26(31)24(19(2)3)28-25(30)23(20-12-7-5-8-13-20)21-14-9-6-10-15-21/h5-10,12-15,19,22-24H,4,11,16-18H2,1-3H3,(H,28,30). The number of amides is 2. The molecule has 0 aliphatic carbocycles. The first-order chi connectivity index (χ1) is 15.9. The smallest absolute Gasteiger partial charge is 0.310 e. The number of piperidine rings is 1. The molecule has 1 saturated heterocycles. The van der Waals surface area contributed by atoms with E-state index < -0.39 is 12.0 Å². The number of nitrogens with one attached hydrogen (secondary N) is 1. The second kappa shape index (κ2) is 11.6. The zero-order valence-corrected chi connectivity index (χ0v) is 19.7. The van der Waals surface area contributed by atoms with E-state index in [1.807, 2.05) is 74.5 Å². The van der Waals surface area contributed by atoms with Crippen molar-refractivity contribution in [3.8, 4) is 0 Å². The van der Waals surface area contributed by atoms with Crippen LogP contribution in [0.3, 0.4) is 0 Å². The van der Waals surface area contributed by atoms with Gasteiger partial charge in [0.05, 0.1) is 18.4 Å². The number of esters is 1. The van der Waals surface area contributed by atoms with Crippen LogP contribution in [0.2, 0.25) is 0 Å². The van der Waals surface area contributed by atoms with E-state index in [9.17, 15) is 14.4 Å². The zero-order chi connectivity index (χ0) is 23.8. The number of carbonyl (C=O) groups is 3. The summed E-state index contributed by atoms with van der Waals surface area (Å²) in [5.74, 6) is -1.54. The molecule has 0 saturated carbocycles. The van der Waals surface area contributed by atoms with Gasteiger partial charge in [-0.15, -0.1) is 0 Å². The third-order valence-electron chi connectivity index (χ3n) is 6.11. The lowest BCUT2D eigenvalue weighted by Crippen LogP contribution is -2.54. The predicted molar refractivity (Wildman–Crippen MR) is 127 cm³/mol. The maximum Gasteiger partial charge on any atom is 0.310 e. The van der Waals surface area contributed by atoms with Crippen molar-refractivity contribution in [1.82, 2.24) is 10.2 Å². The molecule has 2 aromatic carbocycles. The normalized spacial score (nSPS) is 17.0. The maximum absolute atomic E-state index is 13.5. The number of hydrogen-bond acceptors (Lipinski definition) is 4. The molecule has 6 nitrogen and oxygen atoms in total. The summed E-state index contributed by atoms with van der Waals surface area (Å²) in [4.78, 5) is 40.9. The van der Waals surface area contributed by atoms with Crippen LogP contribution in [0.15, 0.2) is 60.7 Å². The molecule has 2 aromatic rings. The van der Waals surface area contributed by atoms with Gasteiger partial charge in [-0.2, -0.15) is 0 Å². The molecule has 1 fully saturated rings. The lowest BCUT2D eigenvalue weighted by Gasteiger charge is -2.35. The maximum atomic E-state index is 13.5. The Bertz CT molecular complexity index is 890. The predicted octanol–water partition coefficient (Wildman–Crippen LogP) is 3.76. The van der Waals surface area contributed by atoms with Crippen LogP contribution in [0.1, 0.15) is 50.7 Å². The fraction of sp³-hybridized carbons (Fsp3) is 0.444. The van der Waals surface area contributed by atoms with Crippen LogP contribution in [-0.4, -0.2) is 48.4 Å². The van der Waals surface area contributed by atoms with E-state index in [0.717, 1.165) is 17.5 Å². The Labute approximate surface area is 196 Å². The largest absolute Gasteiger partial charge is 0.466 e. The Morgan fingerprint density at radius 3 is 2.09 bits per heavy atom. The number of benzene rings is 2. The van der Waals surface area contributed by atoms with Crippen molar-refractivity contribution in [3.63, 3.8) is 0 Å². The van der Waals surface area contributed by atoms with Crippen molar-refractivity contribution >= 4 is 17.8 Å². The highest BCUT2D eigenvalue weighted by atomic mass is 16.5. The van der Waals surface area contributed by atoms with Gasteiger partial charge in [0.1, 0.15) is 6.04 Å². The van der Waals surface area contributed by atoms with Gasteiger partial charge in [-0.25, -0.2) is 0 Å². The second-order valence-electron chi connectivity index (χ2n) is 8.86. The molecule has 0 radical (unpaired) electrons. The molecule has 176 valence electrons. The van der Waals surface area contributed by atoms with Gasteiger partial charge in [-0.05, 0) is 36.8 Å². The van der Waals surface area contributed by atoms with Gasteiger partial charge in [0.25, 0.3) is 0 Å². The van der Waals surface area contributed by atoms with Crippen molar-refractivity contribution in [2.24, 2.45) is 11.8 Å². The van der Waals surface area contributed by atoms with E-state index in [4.69, 9.17) is 4.74 Å². The summed E-state index contributed by atoms with van der Waals surface area (Å²) < 4.78 is 5.16. The highest BCUT2D eigenvalue weighted by molar-refractivity contribution is 5.92. The first kappa shape index (κ1) is 24.5. The van der Waals surface area contributed by atoms with E-state index in [2.05, 4.69) is 5.32 Å². The molecule has 1 aliphatic rings. The first-order valence-electron chi connectivity index (χ1n) is 11.8. The molecule has 0 aromatic heterocycles. The fourth-order valence-electron chi connectivity index (χ4n) is 4.36. The molecule has 0 bridgehead atoms. The topological polar surface area (TPSA) is 75.7 Å². The number of hydrogen-bond donors (Lipinski definition) is 1. The number of rotatable bonds is 8. The minimum absolute atomic E-state index is 0.100. The minimum atomic E-state index is -0.673. The molecule has 1 aliphatic heterocycles. The van der Waals surface area contributed by atoms with Crippen molar-refractivity contribution in [2.45, 2.75) is 45.6 Å². The SMILES string of the molecule is CCOC(=O)C1CCCN(C(=O)C(NC(=O)C(c2ccccc2)c2ccccc2)C(C)C)C1. The Morgan fingerprint density at radius 2 is 1.58 bits per heavy atom. The van der Waals surface area contributed by atoms with Gasteiger partial charge >= 0.3 is 5.97 Å². The van der Waals surface area contributed by atoms with E-state index in [-0.39, 0.29) is 29.6 Å². The third-order valence-corrected chi connectivity index (χ3v) is 6.11. The average molecular weight is 451 g/mol. The quantitative estimate of drug-likeness (QED) is 0.622. The Balaban J connectivity index is 1.79. The Kier molecular flexibility index (Phi) is 8.64. The third kappa shape index (κ3) is 6.21. The first-order valence-corrected chi connectivity index (χ1v) is 11.8. The molecule has 0 spiro atoms. The van der Waals surface area contributed by atoms with E-state index in [1.54, 1.807) is 11.8 Å². The zero-order valence-electron chi connectivity index (χ0n) is 19.7. The summed E-state index contributed by atoms with van der Waals surface area (Å²) in [6.45, 7) is 6.87. The molecule has 1 heterocycles. The summed E-state index contributed by atoms with van der Waals surface area (Å²) in [7, 11) is 0. The molecule has 2 amide bonds. The summed E-state index contributed by atoms with van der Waals surface area (Å²) >= 11 is 0. The van der Waals surface area contributed by atoms with Gasteiger partial charge < -0.3 is 15.0 Å². The number of ether oxygens (including phenoxy) is 1. The van der Waals surface area contributed by atoms with Gasteiger partial charge in [0, 0.05) is 13.1 Å². The Hall–Kier alpha value is -3.15. The lowest BCUT2D eigenvalue weighted by molar-refractivity contribution is -0.152. The molecule has 1 N–H and O–H groups in total. The van der Waals surface area contributed by atoms with Gasteiger partial charge in [0.2, 0.25) is 11.8 Å². The van der Waals surface area contributed by atoms with Crippen LogP contribution >= 0.6 is 0 Å². The van der Waals surface area contributed by atoms with Crippen LogP contribution in [0.25, 0.3) is 0 Å². The molecule has 6 heteroatoms. The summed E-state index contributed by atoms with van der Waals surface area (Å²) in [5.41, 5.74) is 1.74. The highest BCUT2D eigenvalue weighted by Gasteiger charge is 2.35. The molecule has 2 unspecified atom stereocenters. The van der Waals surface area contributed by atoms with Crippen molar-refractivity contribution in [1.29, 1.82) is 0 Å². The molecule has 2 atom stereocenters. The number of nitrogens with zero attached hydrogens (tertiary/aromatic N) is 1. The number of carbonyl (C=O) groups excluding carboxylic acids is 3. The molecular formula is C27H34N2O4. The molecule has 33 heavy (non-hydrogen) atoms. The van der Waals surface area contributed by atoms with Crippen LogP contribution in [0, 0.1) is 11.8 Å². The van der Waals surface area contributed by atoms with Gasteiger partial charge in [0.15, 0.2) is 0 Å². The molecule has 3 rings (SSSR count). The highest BCUT2D eigenvalue weighted by Crippen LogP contribution is 2.26. The number of likely N-dealkylation sites (tertiary alicyclic amines) is 1. The average Bonchev–Trinajstić information content (AvgIpc) is 2.83. The minimum Gasteiger partial charge on any atom is -0.466 e. The van der Waals surface area contributed by atoms with Crippen LogP contribution in [0.4, 0.5) is 0 Å². The van der Waals surface area contributed by atoms with Crippen LogP contribution < -0.4 is 5.32 Å². The monoisotopic (exact) mass is 450 g/mol. The van der Waals surface area contributed by atoms with Crippen molar-refractivity contribution in [3.05, 3.63) is 71.8 Å². The van der Waals surface area contributed by atoms with Crippen molar-refractivity contribution < 1.29 is 19.1 Å². The van der Waals surface area contributed by atoms with E-state index >= 15 is 0 Å². The van der Waals surface area contributed by atoms with Crippen LogP contribution in [-0.2, 0) is 19.1 Å². The van der Waals surface area contributed by atoms with E-state index in [0.29, 0.717) is 26.1 Å². The van der Waals surface area contributed by atoms with E-state index in [1.165, 1.54) is 0 Å². The molecular weight excluding hydrogens is 416 g/mol. The van der Waals surface area contributed by atoms with Crippen molar-refractivity contribution in [2.75, 3.05) is 19.7 Å². The fourth-order valence-corrected chi connectivity index (χ4v) is 4.36. The van der Waals surface area contributed by atoms with Crippen LogP contribution in [0.5, 0.6) is 0 Å². The summed E-state index contributed by atoms with van der Waals surface area (Å²) in [6, 6.07) is 18.5. The Morgan fingerprint density at radius 1 is 1.00 bits per heavy atom. The van der Waals surface area contributed by atoms with Gasteiger partial charge in [-0.1, -0.05) is 74.5 Å². The lowest BCUT2D eigenvalue weighted by atomic mass is 9.89.